The van der Waals surface area contributed by atoms with Crippen LogP contribution in [0.15, 0.2) is 0 Å². The van der Waals surface area contributed by atoms with Crippen LogP contribution in [0, 0.1) is 0 Å². The Labute approximate surface area is 308 Å². The molecule has 4 nitrogen and oxygen atoms in total. The number of unbranched alkanes of at least 4 members (excludes halogenated alkanes) is 35. The van der Waals surface area contributed by atoms with Crippen LogP contribution in [0.5, 0.6) is 0 Å². The molecule has 0 aliphatic heterocycles. The van der Waals surface area contributed by atoms with Crippen molar-refractivity contribution >= 4 is 5.91 Å². The Morgan fingerprint density at radius 2 is 0.653 bits per heavy atom. The molecule has 0 radical (unpaired) electrons. The van der Waals surface area contributed by atoms with Gasteiger partial charge in [0.2, 0.25) is 5.91 Å². The highest BCUT2D eigenvalue weighted by Gasteiger charge is 2.20. The normalized spacial score (nSPS) is 12.8. The number of hydrogen-bond acceptors (Lipinski definition) is 3. The molecule has 0 spiro atoms. The predicted molar refractivity (Wildman–Crippen MR) is 216 cm³/mol. The monoisotopic (exact) mass is 694 g/mol. The van der Waals surface area contributed by atoms with Crippen LogP contribution in [0.3, 0.4) is 0 Å². The lowest BCUT2D eigenvalue weighted by atomic mass is 10.0. The molecule has 0 aliphatic carbocycles. The molecule has 1 amide bonds. The zero-order chi connectivity index (χ0) is 35.7. The molecule has 3 N–H and O–H groups in total. The summed E-state index contributed by atoms with van der Waals surface area (Å²) in [7, 11) is 0. The van der Waals surface area contributed by atoms with Crippen molar-refractivity contribution in [2.45, 2.75) is 276 Å². The van der Waals surface area contributed by atoms with E-state index in [-0.39, 0.29) is 12.5 Å². The van der Waals surface area contributed by atoms with Gasteiger partial charge in [-0.15, -0.1) is 0 Å². The molecular formula is C45H91NO3. The Bertz CT molecular complexity index is 626. The molecule has 0 rings (SSSR count). The molecule has 0 heterocycles. The largest absolute Gasteiger partial charge is 0.394 e. The van der Waals surface area contributed by atoms with Crippen molar-refractivity contribution in [1.82, 2.24) is 5.32 Å². The zero-order valence-electron chi connectivity index (χ0n) is 33.7. The lowest BCUT2D eigenvalue weighted by molar-refractivity contribution is -0.123. The van der Waals surface area contributed by atoms with Crippen molar-refractivity contribution in [2.24, 2.45) is 0 Å². The highest BCUT2D eigenvalue weighted by atomic mass is 16.3. The third-order valence-electron chi connectivity index (χ3n) is 10.9. The second kappa shape index (κ2) is 41.8. The standard InChI is InChI=1S/C45H91NO3/c1-3-5-7-9-11-13-14-15-16-17-18-19-20-21-22-23-24-25-26-27-28-29-30-31-32-33-35-37-39-41-45(49)46-43(42-47)44(48)40-38-36-34-12-10-8-6-4-2/h43-44,47-48H,3-42H2,1-2H3,(H,46,49). The van der Waals surface area contributed by atoms with Crippen molar-refractivity contribution < 1.29 is 15.0 Å². The maximum atomic E-state index is 12.3. The Morgan fingerprint density at radius 1 is 0.408 bits per heavy atom. The van der Waals surface area contributed by atoms with Crippen molar-refractivity contribution in [3.63, 3.8) is 0 Å². The molecule has 2 unspecified atom stereocenters. The number of rotatable bonds is 42. The third kappa shape index (κ3) is 38.5. The molecule has 0 aromatic heterocycles. The van der Waals surface area contributed by atoms with Crippen LogP contribution in [0.1, 0.15) is 264 Å². The number of nitrogens with one attached hydrogen (secondary N) is 1. The first-order chi connectivity index (χ1) is 24.2. The maximum absolute atomic E-state index is 12.3. The number of carbonyl (C=O) groups is 1. The smallest absolute Gasteiger partial charge is 0.220 e. The Morgan fingerprint density at radius 3 is 0.918 bits per heavy atom. The lowest BCUT2D eigenvalue weighted by Crippen LogP contribution is -2.45. The summed E-state index contributed by atoms with van der Waals surface area (Å²) in [6.45, 7) is 4.35. The quantitative estimate of drug-likeness (QED) is 0.0557. The second-order valence-electron chi connectivity index (χ2n) is 15.8. The average Bonchev–Trinajstić information content (AvgIpc) is 3.10. The Balaban J connectivity index is 3.33. The van der Waals surface area contributed by atoms with E-state index in [2.05, 4.69) is 19.2 Å². The summed E-state index contributed by atoms with van der Waals surface area (Å²) in [4.78, 5) is 12.3. The van der Waals surface area contributed by atoms with Gasteiger partial charge < -0.3 is 15.5 Å². The van der Waals surface area contributed by atoms with E-state index in [4.69, 9.17) is 0 Å². The summed E-state index contributed by atoms with van der Waals surface area (Å²) < 4.78 is 0. The molecule has 2 atom stereocenters. The second-order valence-corrected chi connectivity index (χ2v) is 15.8. The van der Waals surface area contributed by atoms with Gasteiger partial charge >= 0.3 is 0 Å². The van der Waals surface area contributed by atoms with E-state index in [1.165, 1.54) is 212 Å². The van der Waals surface area contributed by atoms with Crippen molar-refractivity contribution in [3.8, 4) is 0 Å². The van der Waals surface area contributed by atoms with Gasteiger partial charge in [-0.25, -0.2) is 0 Å². The van der Waals surface area contributed by atoms with E-state index in [1.54, 1.807) is 0 Å². The molecule has 0 aliphatic rings. The molecule has 0 aromatic carbocycles. The SMILES string of the molecule is CCCCCCCCCCCCCCCCCCCCCCCCCCCCCCCC(=O)NC(CO)C(O)CCCCCCCCCC. The number of amides is 1. The Kier molecular flexibility index (Phi) is 41.3. The summed E-state index contributed by atoms with van der Waals surface area (Å²) in [6, 6.07) is -0.527. The number of hydrogen-bond donors (Lipinski definition) is 3. The van der Waals surface area contributed by atoms with Gasteiger partial charge in [0.15, 0.2) is 0 Å². The fraction of sp³-hybridized carbons (Fsp3) is 0.978. The predicted octanol–water partition coefficient (Wildman–Crippen LogP) is 14.1. The number of aliphatic hydroxyl groups is 2. The number of carbonyl (C=O) groups excluding carboxylic acids is 1. The van der Waals surface area contributed by atoms with Crippen molar-refractivity contribution in [1.29, 1.82) is 0 Å². The molecule has 0 saturated carbocycles. The van der Waals surface area contributed by atoms with Gasteiger partial charge in [0.05, 0.1) is 18.8 Å². The van der Waals surface area contributed by atoms with Gasteiger partial charge in [-0.3, -0.25) is 4.79 Å². The van der Waals surface area contributed by atoms with Crippen LogP contribution in [-0.4, -0.2) is 34.9 Å². The van der Waals surface area contributed by atoms with E-state index in [0.29, 0.717) is 12.8 Å². The van der Waals surface area contributed by atoms with Crippen LogP contribution >= 0.6 is 0 Å². The fourth-order valence-electron chi connectivity index (χ4n) is 7.36. The summed E-state index contributed by atoms with van der Waals surface area (Å²) in [5.74, 6) is -0.0287. The first-order valence-corrected chi connectivity index (χ1v) is 22.7. The first-order valence-electron chi connectivity index (χ1n) is 22.7. The van der Waals surface area contributed by atoms with E-state index in [1.807, 2.05) is 0 Å². The summed E-state index contributed by atoms with van der Waals surface area (Å²) in [5.41, 5.74) is 0. The van der Waals surface area contributed by atoms with E-state index in [0.717, 1.165) is 25.7 Å². The minimum atomic E-state index is -0.650. The average molecular weight is 694 g/mol. The lowest BCUT2D eigenvalue weighted by Gasteiger charge is -2.22. The van der Waals surface area contributed by atoms with Crippen LogP contribution < -0.4 is 5.32 Å². The highest BCUT2D eigenvalue weighted by Crippen LogP contribution is 2.17. The van der Waals surface area contributed by atoms with Gasteiger partial charge in [-0.1, -0.05) is 245 Å². The topological polar surface area (TPSA) is 69.6 Å². The molecule has 49 heavy (non-hydrogen) atoms. The molecule has 0 bridgehead atoms. The zero-order valence-corrected chi connectivity index (χ0v) is 33.7. The molecule has 0 fully saturated rings. The maximum Gasteiger partial charge on any atom is 0.220 e. The molecule has 294 valence electrons. The first kappa shape index (κ1) is 48.4. The molecular weight excluding hydrogens is 602 g/mol. The van der Waals surface area contributed by atoms with Gasteiger partial charge in [0.1, 0.15) is 0 Å². The molecule has 0 aromatic rings. The van der Waals surface area contributed by atoms with Crippen LogP contribution in [0.25, 0.3) is 0 Å². The van der Waals surface area contributed by atoms with Crippen LogP contribution in [0.2, 0.25) is 0 Å². The minimum Gasteiger partial charge on any atom is -0.394 e. The van der Waals surface area contributed by atoms with Gasteiger partial charge in [0, 0.05) is 6.42 Å². The van der Waals surface area contributed by atoms with Gasteiger partial charge in [-0.2, -0.15) is 0 Å². The van der Waals surface area contributed by atoms with Gasteiger partial charge in [0.25, 0.3) is 0 Å². The summed E-state index contributed by atoms with van der Waals surface area (Å²) in [6.07, 6.45) is 50.7. The third-order valence-corrected chi connectivity index (χ3v) is 10.9. The van der Waals surface area contributed by atoms with Crippen LogP contribution in [-0.2, 0) is 4.79 Å². The van der Waals surface area contributed by atoms with E-state index in [9.17, 15) is 15.0 Å². The minimum absolute atomic E-state index is 0.0287. The fourth-order valence-corrected chi connectivity index (χ4v) is 7.36. The summed E-state index contributed by atoms with van der Waals surface area (Å²) >= 11 is 0. The Hall–Kier alpha value is -0.610. The van der Waals surface area contributed by atoms with Crippen molar-refractivity contribution in [2.75, 3.05) is 6.61 Å². The van der Waals surface area contributed by atoms with E-state index < -0.39 is 12.1 Å². The molecule has 0 saturated heterocycles. The van der Waals surface area contributed by atoms with Gasteiger partial charge in [-0.05, 0) is 12.8 Å². The molecule has 4 heteroatoms. The van der Waals surface area contributed by atoms with Crippen LogP contribution in [0.4, 0.5) is 0 Å². The summed E-state index contributed by atoms with van der Waals surface area (Å²) in [5, 5.41) is 23.0. The number of aliphatic hydroxyl groups excluding tert-OH is 2. The van der Waals surface area contributed by atoms with Crippen molar-refractivity contribution in [3.05, 3.63) is 0 Å². The highest BCUT2D eigenvalue weighted by molar-refractivity contribution is 5.76. The van der Waals surface area contributed by atoms with E-state index >= 15 is 0 Å².